The van der Waals surface area contributed by atoms with Crippen molar-refractivity contribution in [1.82, 2.24) is 24.5 Å². The first kappa shape index (κ1) is 27.5. The number of benzene rings is 2. The van der Waals surface area contributed by atoms with Crippen molar-refractivity contribution >= 4 is 34.8 Å². The average molecular weight is 548 g/mol. The summed E-state index contributed by atoms with van der Waals surface area (Å²) < 4.78 is 7.18. The minimum atomic E-state index is -0.375. The quantitative estimate of drug-likeness (QED) is 0.249. The molecule has 0 amide bonds. The van der Waals surface area contributed by atoms with Crippen LogP contribution >= 0.6 is 0 Å². The molecule has 9 nitrogen and oxygen atoms in total. The molecular weight excluding hydrogens is 514 g/mol. The van der Waals surface area contributed by atoms with Crippen LogP contribution in [0.4, 0.5) is 11.8 Å². The lowest BCUT2D eigenvalue weighted by Gasteiger charge is -2.23. The molecule has 3 N–H and O–H groups in total. The highest BCUT2D eigenvalue weighted by Gasteiger charge is 2.23. The van der Waals surface area contributed by atoms with Gasteiger partial charge in [0.2, 0.25) is 5.95 Å². The fourth-order valence-corrected chi connectivity index (χ4v) is 4.92. The molecule has 5 rings (SSSR count). The number of pyridine rings is 1. The van der Waals surface area contributed by atoms with E-state index in [2.05, 4.69) is 20.3 Å². The van der Waals surface area contributed by atoms with Crippen LogP contribution in [0, 0.1) is 20.8 Å². The van der Waals surface area contributed by atoms with Crippen molar-refractivity contribution in [3.8, 4) is 11.4 Å². The van der Waals surface area contributed by atoms with Crippen LogP contribution in [0.3, 0.4) is 0 Å². The van der Waals surface area contributed by atoms with Gasteiger partial charge in [0.1, 0.15) is 23.1 Å². The first-order valence-electron chi connectivity index (χ1n) is 13.5. The van der Waals surface area contributed by atoms with Gasteiger partial charge in [0, 0.05) is 11.3 Å². The van der Waals surface area contributed by atoms with Gasteiger partial charge in [-0.15, -0.1) is 0 Å². The van der Waals surface area contributed by atoms with E-state index < -0.39 is 0 Å². The van der Waals surface area contributed by atoms with Crippen LogP contribution in [0.2, 0.25) is 0 Å². The van der Waals surface area contributed by atoms with Gasteiger partial charge in [-0.05, 0) is 75.2 Å². The zero-order valence-corrected chi connectivity index (χ0v) is 23.8. The molecule has 41 heavy (non-hydrogen) atoms. The highest BCUT2D eigenvalue weighted by atomic mass is 16.5. The topological polar surface area (TPSA) is 121 Å². The zero-order valence-electron chi connectivity index (χ0n) is 23.8. The van der Waals surface area contributed by atoms with Gasteiger partial charge in [0.05, 0.1) is 35.4 Å². The number of para-hydroxylation sites is 1. The predicted molar refractivity (Wildman–Crippen MR) is 164 cm³/mol. The number of nitrogens with two attached hydrogens (primary N) is 1. The third-order valence-electron chi connectivity index (χ3n) is 6.98. The summed E-state index contributed by atoms with van der Waals surface area (Å²) in [6, 6.07) is 18.7. The van der Waals surface area contributed by atoms with Crippen LogP contribution in [-0.2, 0) is 0 Å². The van der Waals surface area contributed by atoms with Crippen molar-refractivity contribution in [2.45, 2.75) is 40.2 Å². The van der Waals surface area contributed by atoms with Crippen LogP contribution in [0.1, 0.15) is 53.4 Å². The maximum Gasteiger partial charge on any atom is 0.266 e. The lowest BCUT2D eigenvalue weighted by Crippen LogP contribution is -2.29. The van der Waals surface area contributed by atoms with Crippen molar-refractivity contribution in [2.24, 2.45) is 0 Å². The van der Waals surface area contributed by atoms with Gasteiger partial charge in [-0.25, -0.2) is 15.0 Å². The number of hydrogen-bond donors (Lipinski definition) is 2. The molecule has 0 aliphatic rings. The fraction of sp³-hybridized carbons (Fsp3) is 0.219. The molecule has 3 aromatic heterocycles. The van der Waals surface area contributed by atoms with Crippen LogP contribution < -0.4 is 21.3 Å². The minimum Gasteiger partial charge on any atom is -0.494 e. The summed E-state index contributed by atoms with van der Waals surface area (Å²) in [7, 11) is 1.62. The van der Waals surface area contributed by atoms with Crippen molar-refractivity contribution in [2.75, 3.05) is 18.2 Å². The van der Waals surface area contributed by atoms with Crippen molar-refractivity contribution < 1.29 is 4.74 Å². The molecule has 3 heterocycles. The highest BCUT2D eigenvalue weighted by Crippen LogP contribution is 2.29. The monoisotopic (exact) mass is 547 g/mol. The molecule has 0 aliphatic carbocycles. The predicted octanol–water partition coefficient (Wildman–Crippen LogP) is 5.82. The van der Waals surface area contributed by atoms with E-state index in [-0.39, 0.29) is 17.5 Å². The molecule has 0 aliphatic heterocycles. The number of aromatic nitrogens is 5. The van der Waals surface area contributed by atoms with E-state index in [1.807, 2.05) is 101 Å². The number of ether oxygens (including phenoxy) is 1. The second kappa shape index (κ2) is 11.6. The maximum absolute atomic E-state index is 14.0. The van der Waals surface area contributed by atoms with E-state index >= 15 is 0 Å². The number of hydrogen-bond acceptors (Lipinski definition) is 8. The molecular formula is C32H33N7O2. The summed E-state index contributed by atoms with van der Waals surface area (Å²) in [6.07, 6.45) is 4.39. The van der Waals surface area contributed by atoms with E-state index in [0.717, 1.165) is 22.5 Å². The SMILES string of the molecule is CCC(Nc1nc(N)nc(C)c1C=Cc1nc(C)ccc1OC)c1nc2cccc(C)c2c(=O)n1-c1ccccc1. The Bertz CT molecular complexity index is 1810. The Morgan fingerprint density at radius 3 is 2.46 bits per heavy atom. The summed E-state index contributed by atoms with van der Waals surface area (Å²) >= 11 is 0. The number of rotatable bonds is 8. The Labute approximate surface area is 238 Å². The summed E-state index contributed by atoms with van der Waals surface area (Å²) in [5.41, 5.74) is 11.2. The first-order chi connectivity index (χ1) is 19.8. The van der Waals surface area contributed by atoms with E-state index in [0.29, 0.717) is 46.1 Å². The molecule has 0 bridgehead atoms. The minimum absolute atomic E-state index is 0.120. The number of nitrogens with one attached hydrogen (secondary N) is 1. The van der Waals surface area contributed by atoms with Gasteiger partial charge in [0.25, 0.3) is 5.56 Å². The second-order valence-corrected chi connectivity index (χ2v) is 9.82. The molecule has 2 aromatic carbocycles. The molecule has 0 spiro atoms. The largest absolute Gasteiger partial charge is 0.494 e. The second-order valence-electron chi connectivity index (χ2n) is 9.82. The lowest BCUT2D eigenvalue weighted by atomic mass is 10.1. The molecule has 0 saturated carbocycles. The summed E-state index contributed by atoms with van der Waals surface area (Å²) in [5, 5.41) is 4.13. The van der Waals surface area contributed by atoms with Gasteiger partial charge in [-0.2, -0.15) is 4.98 Å². The van der Waals surface area contributed by atoms with Crippen molar-refractivity contribution in [1.29, 1.82) is 0 Å². The third kappa shape index (κ3) is 5.51. The molecule has 208 valence electrons. The summed E-state index contributed by atoms with van der Waals surface area (Å²) in [5.74, 6) is 1.91. The Morgan fingerprint density at radius 1 is 0.951 bits per heavy atom. The molecule has 0 fully saturated rings. The van der Waals surface area contributed by atoms with Gasteiger partial charge in [0.15, 0.2) is 0 Å². The average Bonchev–Trinajstić information content (AvgIpc) is 2.95. The Hall–Kier alpha value is -5.05. The number of anilines is 2. The molecule has 0 radical (unpaired) electrons. The van der Waals surface area contributed by atoms with Crippen LogP contribution in [-0.4, -0.2) is 31.6 Å². The van der Waals surface area contributed by atoms with Crippen LogP contribution in [0.15, 0.2) is 65.5 Å². The molecule has 9 heteroatoms. The Kier molecular flexibility index (Phi) is 7.78. The number of fused-ring (bicyclic) bond motifs is 1. The van der Waals surface area contributed by atoms with Gasteiger partial charge in [-0.1, -0.05) is 37.3 Å². The van der Waals surface area contributed by atoms with Gasteiger partial charge in [-0.3, -0.25) is 9.36 Å². The number of aryl methyl sites for hydroxylation is 3. The number of nitrogen functional groups attached to an aromatic ring is 1. The fourth-order valence-electron chi connectivity index (χ4n) is 4.92. The smallest absolute Gasteiger partial charge is 0.266 e. The molecule has 5 aromatic rings. The van der Waals surface area contributed by atoms with E-state index in [4.69, 9.17) is 15.5 Å². The van der Waals surface area contributed by atoms with Crippen molar-refractivity contribution in [3.05, 3.63) is 105 Å². The van der Waals surface area contributed by atoms with Gasteiger partial charge >= 0.3 is 0 Å². The van der Waals surface area contributed by atoms with Crippen LogP contribution in [0.25, 0.3) is 28.7 Å². The molecule has 1 atom stereocenters. The standard InChI is InChI=1S/C32H33N7O2/c1-6-24(30-37-26-14-10-11-19(2)28(26)31(40)39(30)22-12-8-7-9-13-22)36-29-23(21(4)35-32(33)38-29)16-17-25-27(41-5)18-15-20(3)34-25/h7-18,24H,6H2,1-5H3,(H3,33,35,36,38). The third-order valence-corrected chi connectivity index (χ3v) is 6.98. The van der Waals surface area contributed by atoms with E-state index in [9.17, 15) is 4.79 Å². The van der Waals surface area contributed by atoms with Crippen molar-refractivity contribution in [3.63, 3.8) is 0 Å². The lowest BCUT2D eigenvalue weighted by molar-refractivity contribution is 0.411. The summed E-state index contributed by atoms with van der Waals surface area (Å²) in [6.45, 7) is 7.77. The molecule has 1 unspecified atom stereocenters. The van der Waals surface area contributed by atoms with Crippen LogP contribution in [0.5, 0.6) is 5.75 Å². The normalized spacial score (nSPS) is 12.1. The maximum atomic E-state index is 14.0. The Morgan fingerprint density at radius 2 is 1.73 bits per heavy atom. The highest BCUT2D eigenvalue weighted by molar-refractivity contribution is 5.82. The first-order valence-corrected chi connectivity index (χ1v) is 13.5. The summed E-state index contributed by atoms with van der Waals surface area (Å²) in [4.78, 5) is 32.6. The van der Waals surface area contributed by atoms with E-state index in [1.54, 1.807) is 11.7 Å². The number of methoxy groups -OCH3 is 1. The van der Waals surface area contributed by atoms with E-state index in [1.165, 1.54) is 0 Å². The number of nitrogens with zero attached hydrogens (tertiary/aromatic N) is 5. The molecule has 0 saturated heterocycles. The Balaban J connectivity index is 1.65. The van der Waals surface area contributed by atoms with Gasteiger partial charge < -0.3 is 15.8 Å². The zero-order chi connectivity index (χ0) is 29.1.